The van der Waals surface area contributed by atoms with Crippen LogP contribution in [0.2, 0.25) is 0 Å². The number of carbonyl (C=O) groups is 1. The van der Waals surface area contributed by atoms with E-state index in [1.807, 2.05) is 20.8 Å². The van der Waals surface area contributed by atoms with Gasteiger partial charge in [0.05, 0.1) is 6.10 Å². The molecule has 2 rings (SSSR count). The van der Waals surface area contributed by atoms with E-state index in [-0.39, 0.29) is 35.5 Å². The number of hydrogen-bond donors (Lipinski definition) is 3. The number of carbonyl (C=O) groups excluding carboxylic acids is 1. The van der Waals surface area contributed by atoms with Gasteiger partial charge in [-0.25, -0.2) is 4.79 Å². The monoisotopic (exact) mass is 458 g/mol. The molecule has 1 unspecified atom stereocenters. The average molecular weight is 459 g/mol. The van der Waals surface area contributed by atoms with Gasteiger partial charge in [0.1, 0.15) is 23.7 Å². The lowest BCUT2D eigenvalue weighted by molar-refractivity contribution is 0.0230. The second-order valence-corrected chi connectivity index (χ2v) is 9.57. The van der Waals surface area contributed by atoms with E-state index in [2.05, 4.69) is 19.6 Å². The van der Waals surface area contributed by atoms with Crippen LogP contribution in [0.3, 0.4) is 0 Å². The maximum absolute atomic E-state index is 13.1. The van der Waals surface area contributed by atoms with Gasteiger partial charge in [0, 0.05) is 11.5 Å². The van der Waals surface area contributed by atoms with Gasteiger partial charge < -0.3 is 20.1 Å². The molecule has 5 heteroatoms. The maximum Gasteiger partial charge on any atom is 0.342 e. The minimum absolute atomic E-state index is 0.000675. The smallest absolute Gasteiger partial charge is 0.342 e. The number of rotatable bonds is 12. The molecule has 0 spiro atoms. The van der Waals surface area contributed by atoms with Gasteiger partial charge in [-0.15, -0.1) is 0 Å². The minimum atomic E-state index is -0.729. The van der Waals surface area contributed by atoms with Crippen molar-refractivity contribution in [2.75, 3.05) is 6.61 Å². The molecule has 0 saturated heterocycles. The van der Waals surface area contributed by atoms with E-state index in [4.69, 9.17) is 4.74 Å². The number of aliphatic hydroxyl groups is 1. The summed E-state index contributed by atoms with van der Waals surface area (Å²) < 4.78 is 5.43. The molecule has 0 heterocycles. The Labute approximate surface area is 199 Å². The Morgan fingerprint density at radius 3 is 2.55 bits per heavy atom. The standard InChI is InChI=1S/C28H42O5/c1-6-8-10-11-20-16-24(30)26(23-15-19(5)13-14-22(23)18(3)4)27(31)25(20)28(32)33-17-21(29)12-9-7-2/h15-16,21-23,29-31H,3,6-14,17H2,1-2,4-5H3/t21?,22-,23+/m0/s1. The Morgan fingerprint density at radius 1 is 1.21 bits per heavy atom. The van der Waals surface area contributed by atoms with Crippen LogP contribution in [0.25, 0.3) is 0 Å². The molecule has 0 bridgehead atoms. The van der Waals surface area contributed by atoms with Gasteiger partial charge in [-0.05, 0) is 63.5 Å². The van der Waals surface area contributed by atoms with Crippen LogP contribution in [-0.4, -0.2) is 34.0 Å². The molecule has 0 amide bonds. The molecular formula is C28H42O5. The first-order chi connectivity index (χ1) is 15.7. The third kappa shape index (κ3) is 7.10. The summed E-state index contributed by atoms with van der Waals surface area (Å²) in [6, 6.07) is 1.61. The lowest BCUT2D eigenvalue weighted by Gasteiger charge is -2.32. The molecule has 0 aromatic heterocycles. The number of phenolic OH excluding ortho intramolecular Hbond substituents is 2. The number of hydrogen-bond acceptors (Lipinski definition) is 5. The first-order valence-corrected chi connectivity index (χ1v) is 12.5. The first kappa shape index (κ1) is 27.0. The summed E-state index contributed by atoms with van der Waals surface area (Å²) in [6.45, 7) is 12.2. The van der Waals surface area contributed by atoms with Crippen LogP contribution in [0, 0.1) is 5.92 Å². The Kier molecular flexibility index (Phi) is 10.5. The van der Waals surface area contributed by atoms with Gasteiger partial charge >= 0.3 is 5.97 Å². The number of benzene rings is 1. The SMILES string of the molecule is C=C(C)[C@@H]1CCC(C)=C[C@H]1c1c(O)cc(CCCCC)c(C(=O)OCC(O)CCCC)c1O. The largest absolute Gasteiger partial charge is 0.507 e. The van der Waals surface area contributed by atoms with Crippen molar-refractivity contribution in [3.63, 3.8) is 0 Å². The fourth-order valence-corrected chi connectivity index (χ4v) is 4.72. The van der Waals surface area contributed by atoms with Crippen LogP contribution in [0.15, 0.2) is 29.9 Å². The highest BCUT2D eigenvalue weighted by atomic mass is 16.5. The zero-order valence-corrected chi connectivity index (χ0v) is 20.8. The molecule has 0 aliphatic heterocycles. The average Bonchev–Trinajstić information content (AvgIpc) is 2.76. The predicted octanol–water partition coefficient (Wildman–Crippen LogP) is 6.55. The number of esters is 1. The summed E-state index contributed by atoms with van der Waals surface area (Å²) in [5.41, 5.74) is 3.22. The number of aryl methyl sites for hydroxylation is 1. The molecule has 0 fully saturated rings. The number of ether oxygens (including phenoxy) is 1. The summed E-state index contributed by atoms with van der Waals surface area (Å²) in [7, 11) is 0. The number of aliphatic hydroxyl groups excluding tert-OH is 1. The summed E-state index contributed by atoms with van der Waals surface area (Å²) >= 11 is 0. The third-order valence-corrected chi connectivity index (χ3v) is 6.67. The normalized spacial score (nSPS) is 19.1. The van der Waals surface area contributed by atoms with Crippen molar-refractivity contribution in [1.82, 2.24) is 0 Å². The molecule has 1 aromatic carbocycles. The highest BCUT2D eigenvalue weighted by Crippen LogP contribution is 2.48. The summed E-state index contributed by atoms with van der Waals surface area (Å²) in [6.07, 6.45) is 8.92. The molecule has 1 aromatic rings. The van der Waals surface area contributed by atoms with Crippen molar-refractivity contribution >= 4 is 5.97 Å². The Balaban J connectivity index is 2.47. The minimum Gasteiger partial charge on any atom is -0.507 e. The van der Waals surface area contributed by atoms with Gasteiger partial charge in [-0.2, -0.15) is 0 Å². The summed E-state index contributed by atoms with van der Waals surface area (Å²) in [5, 5.41) is 32.4. The van der Waals surface area contributed by atoms with Gasteiger partial charge in [0.25, 0.3) is 0 Å². The molecule has 0 saturated carbocycles. The van der Waals surface area contributed by atoms with E-state index in [0.29, 0.717) is 24.0 Å². The molecule has 5 nitrogen and oxygen atoms in total. The summed E-state index contributed by atoms with van der Waals surface area (Å²) in [4.78, 5) is 13.1. The van der Waals surface area contributed by atoms with Crippen molar-refractivity contribution in [1.29, 1.82) is 0 Å². The molecular weight excluding hydrogens is 416 g/mol. The van der Waals surface area contributed by atoms with Crippen molar-refractivity contribution in [2.24, 2.45) is 5.92 Å². The Morgan fingerprint density at radius 2 is 1.91 bits per heavy atom. The van der Waals surface area contributed by atoms with E-state index < -0.39 is 12.1 Å². The molecule has 3 atom stereocenters. The van der Waals surface area contributed by atoms with Crippen molar-refractivity contribution in [2.45, 2.75) is 97.5 Å². The first-order valence-electron chi connectivity index (χ1n) is 12.5. The van der Waals surface area contributed by atoms with Crippen LogP contribution >= 0.6 is 0 Å². The van der Waals surface area contributed by atoms with Gasteiger partial charge in [-0.3, -0.25) is 0 Å². The topological polar surface area (TPSA) is 87.0 Å². The number of unbranched alkanes of at least 4 members (excludes halogenated alkanes) is 3. The fraction of sp³-hybridized carbons (Fsp3) is 0.607. The van der Waals surface area contributed by atoms with Crippen LogP contribution in [-0.2, 0) is 11.2 Å². The van der Waals surface area contributed by atoms with Crippen LogP contribution < -0.4 is 0 Å². The van der Waals surface area contributed by atoms with Crippen LogP contribution in [0.5, 0.6) is 11.5 Å². The molecule has 0 radical (unpaired) electrons. The fourth-order valence-electron chi connectivity index (χ4n) is 4.72. The Bertz CT molecular complexity index is 854. The summed E-state index contributed by atoms with van der Waals surface area (Å²) in [5.74, 6) is -1.06. The molecule has 3 N–H and O–H groups in total. The third-order valence-electron chi connectivity index (χ3n) is 6.67. The lowest BCUT2D eigenvalue weighted by atomic mass is 9.73. The van der Waals surface area contributed by atoms with Crippen molar-refractivity contribution in [3.8, 4) is 11.5 Å². The van der Waals surface area contributed by atoms with Crippen LogP contribution in [0.4, 0.5) is 0 Å². The molecule has 1 aliphatic rings. The van der Waals surface area contributed by atoms with Gasteiger partial charge in [0.2, 0.25) is 0 Å². The highest BCUT2D eigenvalue weighted by Gasteiger charge is 2.33. The Hall–Kier alpha value is -2.27. The maximum atomic E-state index is 13.1. The van der Waals surface area contributed by atoms with Crippen LogP contribution in [0.1, 0.15) is 106 Å². The van der Waals surface area contributed by atoms with E-state index in [0.717, 1.165) is 50.5 Å². The molecule has 184 valence electrons. The molecule has 33 heavy (non-hydrogen) atoms. The molecule has 1 aliphatic carbocycles. The van der Waals surface area contributed by atoms with Gasteiger partial charge in [-0.1, -0.05) is 63.3 Å². The van der Waals surface area contributed by atoms with E-state index in [1.54, 1.807) is 6.07 Å². The number of allylic oxidation sites excluding steroid dienone is 3. The van der Waals surface area contributed by atoms with E-state index in [1.165, 1.54) is 5.57 Å². The zero-order chi connectivity index (χ0) is 24.5. The zero-order valence-electron chi connectivity index (χ0n) is 20.8. The quantitative estimate of drug-likeness (QED) is 0.188. The van der Waals surface area contributed by atoms with Crippen molar-refractivity contribution < 1.29 is 24.9 Å². The predicted molar refractivity (Wildman–Crippen MR) is 133 cm³/mol. The van der Waals surface area contributed by atoms with Gasteiger partial charge in [0.15, 0.2) is 0 Å². The lowest BCUT2D eigenvalue weighted by Crippen LogP contribution is -2.21. The second kappa shape index (κ2) is 12.8. The number of aromatic hydroxyl groups is 2. The second-order valence-electron chi connectivity index (χ2n) is 9.57. The van der Waals surface area contributed by atoms with E-state index in [9.17, 15) is 20.1 Å². The van der Waals surface area contributed by atoms with E-state index >= 15 is 0 Å². The number of phenols is 2. The van der Waals surface area contributed by atoms with Crippen molar-refractivity contribution in [3.05, 3.63) is 46.6 Å². The highest BCUT2D eigenvalue weighted by molar-refractivity contribution is 5.95.